The smallest absolute Gasteiger partial charge is 0.169 e. The van der Waals surface area contributed by atoms with Crippen LogP contribution in [0.25, 0.3) is 0 Å². The molecule has 3 aromatic rings. The van der Waals surface area contributed by atoms with Crippen molar-refractivity contribution in [3.8, 4) is 23.0 Å². The van der Waals surface area contributed by atoms with E-state index in [1.54, 1.807) is 12.1 Å². The van der Waals surface area contributed by atoms with Crippen LogP contribution in [0.1, 0.15) is 5.56 Å². The van der Waals surface area contributed by atoms with E-state index in [9.17, 15) is 5.11 Å². The molecule has 0 saturated carbocycles. The second kappa shape index (κ2) is 6.68. The summed E-state index contributed by atoms with van der Waals surface area (Å²) >= 11 is 0. The number of para-hydroxylation sites is 2. The Morgan fingerprint density at radius 2 is 1.36 bits per heavy atom. The molecule has 0 spiro atoms. The number of phenols is 1. The molecule has 0 fully saturated rings. The van der Waals surface area contributed by atoms with E-state index in [-0.39, 0.29) is 5.75 Å². The van der Waals surface area contributed by atoms with Crippen molar-refractivity contribution >= 4 is 0 Å². The van der Waals surface area contributed by atoms with Crippen LogP contribution in [0.3, 0.4) is 0 Å². The zero-order chi connectivity index (χ0) is 15.2. The highest BCUT2D eigenvalue weighted by Gasteiger charge is 2.06. The standard InChI is InChI=1S/C19H16O3/c20-18-12-11-15(14-21-16-7-3-1-4-8-16)13-19(18)22-17-9-5-2-6-10-17/h1-13,20H,14H2. The highest BCUT2D eigenvalue weighted by Crippen LogP contribution is 2.31. The second-order valence-electron chi connectivity index (χ2n) is 4.82. The van der Waals surface area contributed by atoms with Crippen LogP contribution in [0.4, 0.5) is 0 Å². The maximum Gasteiger partial charge on any atom is 0.169 e. The van der Waals surface area contributed by atoms with Gasteiger partial charge in [-0.15, -0.1) is 0 Å². The van der Waals surface area contributed by atoms with Crippen LogP contribution in [0.15, 0.2) is 78.9 Å². The predicted octanol–water partition coefficient (Wildman–Crippen LogP) is 4.76. The Morgan fingerprint density at radius 1 is 0.727 bits per heavy atom. The van der Waals surface area contributed by atoms with Gasteiger partial charge in [-0.3, -0.25) is 0 Å². The van der Waals surface area contributed by atoms with Gasteiger partial charge in [-0.2, -0.15) is 0 Å². The Labute approximate surface area is 129 Å². The van der Waals surface area contributed by atoms with E-state index in [1.165, 1.54) is 0 Å². The molecule has 0 amide bonds. The third-order valence-electron chi connectivity index (χ3n) is 3.14. The summed E-state index contributed by atoms with van der Waals surface area (Å²) in [7, 11) is 0. The molecule has 3 heteroatoms. The van der Waals surface area contributed by atoms with Gasteiger partial charge in [-0.05, 0) is 42.0 Å². The van der Waals surface area contributed by atoms with E-state index in [0.717, 1.165) is 11.3 Å². The summed E-state index contributed by atoms with van der Waals surface area (Å²) < 4.78 is 11.4. The van der Waals surface area contributed by atoms with Gasteiger partial charge in [0.25, 0.3) is 0 Å². The summed E-state index contributed by atoms with van der Waals surface area (Å²) in [5.41, 5.74) is 0.924. The van der Waals surface area contributed by atoms with Crippen LogP contribution in [-0.2, 0) is 6.61 Å². The van der Waals surface area contributed by atoms with E-state index in [0.29, 0.717) is 18.1 Å². The molecule has 0 aliphatic heterocycles. The first-order valence-electron chi connectivity index (χ1n) is 7.04. The Balaban J connectivity index is 1.72. The Kier molecular flexibility index (Phi) is 4.25. The van der Waals surface area contributed by atoms with Gasteiger partial charge >= 0.3 is 0 Å². The van der Waals surface area contributed by atoms with Gasteiger partial charge in [0.2, 0.25) is 0 Å². The van der Waals surface area contributed by atoms with Crippen LogP contribution in [0, 0.1) is 0 Å². The summed E-state index contributed by atoms with van der Waals surface area (Å²) in [4.78, 5) is 0. The third kappa shape index (κ3) is 3.58. The molecule has 0 aliphatic carbocycles. The maximum absolute atomic E-state index is 9.92. The molecular formula is C19H16O3. The quantitative estimate of drug-likeness (QED) is 0.736. The number of benzene rings is 3. The van der Waals surface area contributed by atoms with E-state index in [4.69, 9.17) is 9.47 Å². The fourth-order valence-corrected chi connectivity index (χ4v) is 2.03. The fourth-order valence-electron chi connectivity index (χ4n) is 2.03. The lowest BCUT2D eigenvalue weighted by molar-refractivity contribution is 0.305. The van der Waals surface area contributed by atoms with Crippen molar-refractivity contribution < 1.29 is 14.6 Å². The number of aromatic hydroxyl groups is 1. The van der Waals surface area contributed by atoms with E-state index < -0.39 is 0 Å². The van der Waals surface area contributed by atoms with Crippen molar-refractivity contribution in [3.63, 3.8) is 0 Å². The van der Waals surface area contributed by atoms with Crippen molar-refractivity contribution in [2.75, 3.05) is 0 Å². The summed E-state index contributed by atoms with van der Waals surface area (Å²) in [6, 6.07) is 24.2. The molecule has 0 aromatic heterocycles. The highest BCUT2D eigenvalue weighted by atomic mass is 16.5. The van der Waals surface area contributed by atoms with Crippen LogP contribution in [-0.4, -0.2) is 5.11 Å². The monoisotopic (exact) mass is 292 g/mol. The fraction of sp³-hybridized carbons (Fsp3) is 0.0526. The van der Waals surface area contributed by atoms with Gasteiger partial charge in [0.05, 0.1) is 0 Å². The minimum absolute atomic E-state index is 0.104. The molecule has 3 rings (SSSR count). The van der Waals surface area contributed by atoms with E-state index in [2.05, 4.69) is 0 Å². The predicted molar refractivity (Wildman–Crippen MR) is 85.4 cm³/mol. The second-order valence-corrected chi connectivity index (χ2v) is 4.82. The van der Waals surface area contributed by atoms with Crippen molar-refractivity contribution in [1.29, 1.82) is 0 Å². The number of hydrogen-bond acceptors (Lipinski definition) is 3. The Morgan fingerprint density at radius 3 is 2.05 bits per heavy atom. The molecule has 0 bridgehead atoms. The van der Waals surface area contributed by atoms with Crippen LogP contribution in [0.5, 0.6) is 23.0 Å². The number of hydrogen-bond donors (Lipinski definition) is 1. The summed E-state index contributed by atoms with van der Waals surface area (Å²) in [5.74, 6) is 2.01. The summed E-state index contributed by atoms with van der Waals surface area (Å²) in [6.07, 6.45) is 0. The molecule has 0 saturated heterocycles. The molecule has 22 heavy (non-hydrogen) atoms. The molecular weight excluding hydrogens is 276 g/mol. The lowest BCUT2D eigenvalue weighted by atomic mass is 10.2. The SMILES string of the molecule is Oc1ccc(COc2ccccc2)cc1Oc1ccccc1. The topological polar surface area (TPSA) is 38.7 Å². The van der Waals surface area contributed by atoms with Crippen LogP contribution < -0.4 is 9.47 Å². The minimum Gasteiger partial charge on any atom is -0.504 e. The minimum atomic E-state index is 0.104. The molecule has 0 unspecified atom stereocenters. The first kappa shape index (κ1) is 14.0. The Hall–Kier alpha value is -2.94. The Bertz CT molecular complexity index is 724. The normalized spacial score (nSPS) is 10.2. The van der Waals surface area contributed by atoms with Gasteiger partial charge in [-0.25, -0.2) is 0 Å². The van der Waals surface area contributed by atoms with Crippen molar-refractivity contribution in [3.05, 3.63) is 84.4 Å². The van der Waals surface area contributed by atoms with Crippen molar-refractivity contribution in [2.45, 2.75) is 6.61 Å². The average Bonchev–Trinajstić information content (AvgIpc) is 2.57. The number of ether oxygens (including phenoxy) is 2. The molecule has 3 aromatic carbocycles. The van der Waals surface area contributed by atoms with Gasteiger partial charge in [0.1, 0.15) is 18.1 Å². The largest absolute Gasteiger partial charge is 0.504 e. The molecule has 0 atom stereocenters. The first-order chi connectivity index (χ1) is 10.8. The molecule has 0 aliphatic rings. The lowest BCUT2D eigenvalue weighted by Gasteiger charge is -2.10. The van der Waals surface area contributed by atoms with Crippen molar-refractivity contribution in [2.24, 2.45) is 0 Å². The van der Waals surface area contributed by atoms with E-state index >= 15 is 0 Å². The van der Waals surface area contributed by atoms with Crippen LogP contribution in [0.2, 0.25) is 0 Å². The maximum atomic E-state index is 9.92. The highest BCUT2D eigenvalue weighted by molar-refractivity contribution is 5.44. The molecule has 3 nitrogen and oxygen atoms in total. The van der Waals surface area contributed by atoms with Gasteiger partial charge in [0, 0.05) is 0 Å². The zero-order valence-corrected chi connectivity index (χ0v) is 12.0. The molecule has 110 valence electrons. The molecule has 0 radical (unpaired) electrons. The summed E-state index contributed by atoms with van der Waals surface area (Å²) in [6.45, 7) is 0.412. The van der Waals surface area contributed by atoms with Gasteiger partial charge in [0.15, 0.2) is 11.5 Å². The number of rotatable bonds is 5. The summed E-state index contributed by atoms with van der Waals surface area (Å²) in [5, 5.41) is 9.92. The van der Waals surface area contributed by atoms with Crippen molar-refractivity contribution in [1.82, 2.24) is 0 Å². The van der Waals surface area contributed by atoms with E-state index in [1.807, 2.05) is 66.7 Å². The van der Waals surface area contributed by atoms with Gasteiger partial charge < -0.3 is 14.6 Å². The molecule has 1 N–H and O–H groups in total. The molecule has 0 heterocycles. The first-order valence-corrected chi connectivity index (χ1v) is 7.04. The third-order valence-corrected chi connectivity index (χ3v) is 3.14. The number of phenolic OH excluding ortho intramolecular Hbond substituents is 1. The lowest BCUT2D eigenvalue weighted by Crippen LogP contribution is -1.96. The van der Waals surface area contributed by atoms with Gasteiger partial charge in [-0.1, -0.05) is 42.5 Å². The van der Waals surface area contributed by atoms with Crippen LogP contribution >= 0.6 is 0 Å². The zero-order valence-electron chi connectivity index (χ0n) is 12.0. The average molecular weight is 292 g/mol.